The van der Waals surface area contributed by atoms with Crippen molar-refractivity contribution in [2.24, 2.45) is 0 Å². The summed E-state index contributed by atoms with van der Waals surface area (Å²) < 4.78 is 11.1. The monoisotopic (exact) mass is 204 g/mol. The van der Waals surface area contributed by atoms with Crippen LogP contribution in [0.4, 0.5) is 0 Å². The van der Waals surface area contributed by atoms with Crippen LogP contribution in [0.15, 0.2) is 0 Å². The van der Waals surface area contributed by atoms with Crippen LogP contribution in [0.25, 0.3) is 0 Å². The molecule has 0 aromatic carbocycles. The predicted molar refractivity (Wildman–Crippen MR) is 57.4 cm³/mol. The molecule has 0 radical (unpaired) electrons. The van der Waals surface area contributed by atoms with E-state index < -0.39 is 0 Å². The number of hydrogen-bond donors (Lipinski definition) is 1. The van der Waals surface area contributed by atoms with Gasteiger partial charge in [-0.3, -0.25) is 0 Å². The van der Waals surface area contributed by atoms with Gasteiger partial charge in [-0.1, -0.05) is 0 Å². The fourth-order valence-corrected chi connectivity index (χ4v) is 0.997. The molecule has 86 valence electrons. The van der Waals surface area contributed by atoms with Crippen molar-refractivity contribution in [1.29, 1.82) is 0 Å². The molecule has 0 aromatic rings. The van der Waals surface area contributed by atoms with Gasteiger partial charge in [0, 0.05) is 6.61 Å². The Hall–Kier alpha value is -0.120. The van der Waals surface area contributed by atoms with Crippen LogP contribution >= 0.6 is 0 Å². The third-order valence-electron chi connectivity index (χ3n) is 1.82. The van der Waals surface area contributed by atoms with E-state index in [1.165, 1.54) is 0 Å². The maximum absolute atomic E-state index is 8.63. The highest BCUT2D eigenvalue weighted by Gasteiger charge is 2.19. The first kappa shape index (κ1) is 13.9. The smallest absolute Gasteiger partial charge is 0.0705 e. The Morgan fingerprint density at radius 1 is 0.929 bits per heavy atom. The van der Waals surface area contributed by atoms with E-state index in [0.717, 1.165) is 6.42 Å². The summed E-state index contributed by atoms with van der Waals surface area (Å²) in [6.07, 6.45) is 0.838. The molecular weight excluding hydrogens is 180 g/mol. The third kappa shape index (κ3) is 8.48. The Kier molecular flexibility index (Phi) is 5.64. The lowest BCUT2D eigenvalue weighted by atomic mass is 10.1. The summed E-state index contributed by atoms with van der Waals surface area (Å²) in [4.78, 5) is 0. The molecule has 3 nitrogen and oxygen atoms in total. The van der Waals surface area contributed by atoms with Gasteiger partial charge in [0.15, 0.2) is 0 Å². The molecule has 0 rings (SSSR count). The minimum absolute atomic E-state index is 0.0730. The van der Waals surface area contributed by atoms with Crippen molar-refractivity contribution in [2.45, 2.75) is 52.2 Å². The fourth-order valence-electron chi connectivity index (χ4n) is 0.997. The average Bonchev–Trinajstić information content (AvgIpc) is 1.98. The summed E-state index contributed by atoms with van der Waals surface area (Å²) in [7, 11) is 0. The zero-order chi connectivity index (χ0) is 11.2. The molecule has 0 saturated heterocycles. The van der Waals surface area contributed by atoms with E-state index in [9.17, 15) is 0 Å². The zero-order valence-electron chi connectivity index (χ0n) is 10.1. The first-order valence-electron chi connectivity index (χ1n) is 5.16. The molecule has 0 heterocycles. The largest absolute Gasteiger partial charge is 0.394 e. The molecule has 0 bridgehead atoms. The van der Waals surface area contributed by atoms with E-state index in [1.807, 2.05) is 34.6 Å². The van der Waals surface area contributed by atoms with Gasteiger partial charge in [-0.25, -0.2) is 0 Å². The summed E-state index contributed by atoms with van der Waals surface area (Å²) in [6.45, 7) is 11.3. The van der Waals surface area contributed by atoms with Gasteiger partial charge >= 0.3 is 0 Å². The van der Waals surface area contributed by atoms with Gasteiger partial charge in [0.1, 0.15) is 0 Å². The second-order valence-corrected chi connectivity index (χ2v) is 5.04. The Bertz CT molecular complexity index is 147. The molecule has 0 unspecified atom stereocenters. The molecular formula is C11H24O3. The van der Waals surface area contributed by atoms with Crippen LogP contribution in [-0.4, -0.2) is 36.1 Å². The van der Waals surface area contributed by atoms with Crippen molar-refractivity contribution in [2.75, 3.05) is 19.8 Å². The van der Waals surface area contributed by atoms with Crippen LogP contribution in [0.5, 0.6) is 0 Å². The number of rotatable bonds is 6. The van der Waals surface area contributed by atoms with Crippen molar-refractivity contribution in [3.63, 3.8) is 0 Å². The lowest BCUT2D eigenvalue weighted by Gasteiger charge is -2.27. The minimum atomic E-state index is -0.214. The third-order valence-corrected chi connectivity index (χ3v) is 1.82. The van der Waals surface area contributed by atoms with Crippen LogP contribution < -0.4 is 0 Å². The molecule has 0 aliphatic rings. The minimum Gasteiger partial charge on any atom is -0.394 e. The van der Waals surface area contributed by atoms with Gasteiger partial charge in [0.25, 0.3) is 0 Å². The molecule has 0 atom stereocenters. The second-order valence-electron chi connectivity index (χ2n) is 5.04. The molecule has 0 amide bonds. The van der Waals surface area contributed by atoms with Crippen molar-refractivity contribution >= 4 is 0 Å². The SMILES string of the molecule is CC(C)(C)OCCC(C)(C)OCCO. The van der Waals surface area contributed by atoms with E-state index >= 15 is 0 Å². The highest BCUT2D eigenvalue weighted by Crippen LogP contribution is 2.16. The summed E-state index contributed by atoms with van der Waals surface area (Å²) in [5, 5.41) is 8.63. The highest BCUT2D eigenvalue weighted by atomic mass is 16.5. The molecule has 0 aliphatic heterocycles. The van der Waals surface area contributed by atoms with Crippen LogP contribution in [-0.2, 0) is 9.47 Å². The number of aliphatic hydroxyl groups is 1. The Balaban J connectivity index is 3.65. The van der Waals surface area contributed by atoms with Crippen molar-refractivity contribution in [3.05, 3.63) is 0 Å². The van der Waals surface area contributed by atoms with E-state index in [-0.39, 0.29) is 17.8 Å². The lowest BCUT2D eigenvalue weighted by molar-refractivity contribution is -0.0733. The molecule has 1 N–H and O–H groups in total. The normalized spacial score (nSPS) is 13.3. The van der Waals surface area contributed by atoms with Crippen molar-refractivity contribution in [3.8, 4) is 0 Å². The van der Waals surface area contributed by atoms with E-state index in [4.69, 9.17) is 14.6 Å². The Labute approximate surface area is 87.4 Å². The van der Waals surface area contributed by atoms with Crippen LogP contribution in [0, 0.1) is 0 Å². The standard InChI is InChI=1S/C11H24O3/c1-10(2,3)13-8-6-11(4,5)14-9-7-12/h12H,6-9H2,1-5H3. The van der Waals surface area contributed by atoms with Gasteiger partial charge < -0.3 is 14.6 Å². The van der Waals surface area contributed by atoms with E-state index in [2.05, 4.69) is 0 Å². The summed E-state index contributed by atoms with van der Waals surface area (Å²) in [5.41, 5.74) is -0.305. The van der Waals surface area contributed by atoms with Gasteiger partial charge in [-0.05, 0) is 41.0 Å². The summed E-state index contributed by atoms with van der Waals surface area (Å²) in [5.74, 6) is 0. The van der Waals surface area contributed by atoms with Gasteiger partial charge in [0.2, 0.25) is 0 Å². The zero-order valence-corrected chi connectivity index (χ0v) is 10.1. The number of aliphatic hydroxyl groups excluding tert-OH is 1. The quantitative estimate of drug-likeness (QED) is 0.719. The molecule has 14 heavy (non-hydrogen) atoms. The van der Waals surface area contributed by atoms with Gasteiger partial charge in [-0.2, -0.15) is 0 Å². The summed E-state index contributed by atoms with van der Waals surface area (Å²) >= 11 is 0. The number of hydrogen-bond acceptors (Lipinski definition) is 3. The fraction of sp³-hybridized carbons (Fsp3) is 1.00. The molecule has 3 heteroatoms. The first-order valence-corrected chi connectivity index (χ1v) is 5.16. The predicted octanol–water partition coefficient (Wildman–Crippen LogP) is 1.98. The molecule has 0 fully saturated rings. The van der Waals surface area contributed by atoms with Gasteiger partial charge in [-0.15, -0.1) is 0 Å². The average molecular weight is 204 g/mol. The lowest BCUT2D eigenvalue weighted by Crippen LogP contribution is -2.30. The van der Waals surface area contributed by atoms with Crippen molar-refractivity contribution < 1.29 is 14.6 Å². The molecule has 0 saturated carbocycles. The maximum atomic E-state index is 8.63. The second kappa shape index (κ2) is 5.69. The molecule has 0 aliphatic carbocycles. The highest BCUT2D eigenvalue weighted by molar-refractivity contribution is 4.69. The van der Waals surface area contributed by atoms with Crippen molar-refractivity contribution in [1.82, 2.24) is 0 Å². The number of ether oxygens (including phenoxy) is 2. The van der Waals surface area contributed by atoms with Gasteiger partial charge in [0.05, 0.1) is 24.4 Å². The summed E-state index contributed by atoms with van der Waals surface area (Å²) in [6, 6.07) is 0. The Morgan fingerprint density at radius 2 is 1.50 bits per heavy atom. The maximum Gasteiger partial charge on any atom is 0.0705 e. The topological polar surface area (TPSA) is 38.7 Å². The van der Waals surface area contributed by atoms with E-state index in [1.54, 1.807) is 0 Å². The van der Waals surface area contributed by atoms with Crippen LogP contribution in [0.1, 0.15) is 41.0 Å². The van der Waals surface area contributed by atoms with Crippen LogP contribution in [0.3, 0.4) is 0 Å². The van der Waals surface area contributed by atoms with E-state index in [0.29, 0.717) is 13.2 Å². The Morgan fingerprint density at radius 3 is 1.93 bits per heavy atom. The molecule has 0 aromatic heterocycles. The van der Waals surface area contributed by atoms with Crippen LogP contribution in [0.2, 0.25) is 0 Å². The molecule has 0 spiro atoms. The first-order chi connectivity index (χ1) is 6.27.